The van der Waals surface area contributed by atoms with Gasteiger partial charge in [-0.05, 0) is 138 Å². The van der Waals surface area contributed by atoms with Crippen molar-refractivity contribution in [2.75, 3.05) is 0 Å². The monoisotopic (exact) mass is 2170 g/mol. The van der Waals surface area contributed by atoms with E-state index >= 15 is 0 Å². The van der Waals surface area contributed by atoms with Crippen molar-refractivity contribution in [3.63, 3.8) is 0 Å². The van der Waals surface area contributed by atoms with Crippen LogP contribution < -0.4 is 22.9 Å². The smallest absolute Gasteiger partial charge is 0.172 e. The van der Waals surface area contributed by atoms with Crippen LogP contribution in [-0.2, 0) is 159 Å². The van der Waals surface area contributed by atoms with Gasteiger partial charge in [-0.3, -0.25) is 0 Å². The molecule has 0 saturated carbocycles. The molecule has 0 aliphatic carbocycles. The fourth-order valence-electron chi connectivity index (χ4n) is 17.4. The Morgan fingerprint density at radius 1 is 0.235 bits per heavy atom. The van der Waals surface area contributed by atoms with Gasteiger partial charge in [0.05, 0.1) is 0 Å². The van der Waals surface area contributed by atoms with Gasteiger partial charge in [-0.1, -0.05) is 382 Å². The molecule has 0 radical (unpaired) electrons. The summed E-state index contributed by atoms with van der Waals surface area (Å²) in [6.07, 6.45) is 10.6. The summed E-state index contributed by atoms with van der Waals surface area (Å²) in [5.74, 6) is 0. The van der Waals surface area contributed by atoms with E-state index in [-0.39, 0.29) is 47.3 Å². The van der Waals surface area contributed by atoms with E-state index in [0.717, 1.165) is 64.2 Å². The summed E-state index contributed by atoms with van der Waals surface area (Å²) in [4.78, 5) is 33.8. The number of primary amides is 4. The van der Waals surface area contributed by atoms with Crippen LogP contribution in [0.4, 0.5) is 0 Å². The summed E-state index contributed by atoms with van der Waals surface area (Å²) < 4.78 is 6.18. The Morgan fingerprint density at radius 2 is 0.336 bits per heavy atom. The van der Waals surface area contributed by atoms with Crippen LogP contribution in [0.25, 0.3) is 131 Å². The number of hydrogen-bond acceptors (Lipinski definition) is 4. The Kier molecular flexibility index (Phi) is 54.6. The molecule has 8 N–H and O–H groups in total. The molecular weight excluding hydrogens is 2010 g/mol. The summed E-state index contributed by atoms with van der Waals surface area (Å²) in [6, 6.07) is 122. The van der Waals surface area contributed by atoms with E-state index in [1.165, 1.54) is 247 Å². The minimum atomic E-state index is 0. The maximum atomic E-state index is 8.46. The van der Waals surface area contributed by atoms with Crippen molar-refractivity contribution in [2.24, 2.45) is 22.9 Å². The van der Waals surface area contributed by atoms with E-state index in [1.807, 2.05) is 45.1 Å². The predicted molar refractivity (Wildman–Crippen MR) is 646 cm³/mol. The van der Waals surface area contributed by atoms with Crippen molar-refractivity contribution >= 4 is 102 Å². The zero-order valence-electron chi connectivity index (χ0n) is 94.6. The van der Waals surface area contributed by atoms with Crippen LogP contribution in [0.3, 0.4) is 0 Å². The molecule has 0 atom stereocenters. The van der Waals surface area contributed by atoms with Crippen LogP contribution in [0.2, 0.25) is 0 Å². The molecule has 18 aromatic carbocycles. The van der Waals surface area contributed by atoms with Crippen molar-refractivity contribution in [3.8, 4) is 66.8 Å². The zero-order chi connectivity index (χ0) is 109. The maximum Gasteiger partial charge on any atom is -0.172 e. The van der Waals surface area contributed by atoms with Crippen LogP contribution >= 0.6 is 0 Å². The number of carbonyl (C=O) groups excluding carboxylic acids is 4. The molecule has 18 aromatic rings. The Morgan fingerprint density at radius 3 is 0.423 bits per heavy atom. The van der Waals surface area contributed by atoms with Crippen LogP contribution in [0.1, 0.15) is 254 Å². The predicted octanol–water partition coefficient (Wildman–Crippen LogP) is 34.5. The Bertz CT molecular complexity index is 5970. The van der Waals surface area contributed by atoms with Gasteiger partial charge in [0.15, 0.2) is 0 Å². The third-order valence-electron chi connectivity index (χ3n) is 25.7. The molecule has 0 aromatic heterocycles. The van der Waals surface area contributed by atoms with E-state index in [2.05, 4.69) is 524 Å². The summed E-state index contributed by atoms with van der Waals surface area (Å²) >= 11 is 5.02. The van der Waals surface area contributed by atoms with Crippen LogP contribution in [-0.4, -0.2) is 37.4 Å². The van der Waals surface area contributed by atoms with Gasteiger partial charge in [0.2, 0.25) is 0 Å². The first-order chi connectivity index (χ1) is 69.8. The second kappa shape index (κ2) is 62.8. The van der Waals surface area contributed by atoms with E-state index in [1.54, 1.807) is 0 Å². The molecule has 782 valence electrons. The maximum absolute atomic E-state index is 8.46. The molecule has 11 heteroatoms. The Labute approximate surface area is 937 Å². The van der Waals surface area contributed by atoms with Gasteiger partial charge in [-0.15, -0.1) is 207 Å². The number of hydrogen-bond donors (Lipinski definition) is 4. The average Bonchev–Trinajstić information content (AvgIpc) is 1.70. The number of aryl methyl sites for hydroxylation is 6. The number of nitrogens with two attached hydrogens (primary N) is 4. The Balaban J connectivity index is 0.000000357. The van der Waals surface area contributed by atoms with Gasteiger partial charge in [0.1, 0.15) is 0 Å². The standard InChI is InChI=1S/6C21H23.3C2H4.4CH2NO.2CH3.Ti.2Zr/c6*1-5-15-13-17-7-6-8-19(20(17)14-15)16-9-11-18(12-10-16)21(2,3)4;3*1-2;4*2-1-3;;;;;/h6*6-14H,5H2,1-4H3;3*1H,2H3;4*(H2,2,3);2*1H3;;;/q6*-1;;;;6*-1;+2;;. The third kappa shape index (κ3) is 38.6. The second-order valence-corrected chi connectivity index (χ2v) is 46.2. The third-order valence-corrected chi connectivity index (χ3v) is 25.7. The van der Waals surface area contributed by atoms with E-state index in [4.69, 9.17) is 19.2 Å². The average molecular weight is 2170 g/mol. The summed E-state index contributed by atoms with van der Waals surface area (Å²) in [5, 5.41) is 16.3. The molecule has 0 fully saturated rings. The van der Waals surface area contributed by atoms with Crippen molar-refractivity contribution in [3.05, 3.63) is 409 Å². The van der Waals surface area contributed by atoms with Crippen molar-refractivity contribution in [1.82, 2.24) is 0 Å². The summed E-state index contributed by atoms with van der Waals surface area (Å²) in [6.45, 7) is 60.0. The number of fused-ring (bicyclic) bond motifs is 6. The zero-order valence-corrected chi connectivity index (χ0v) is 101. The van der Waals surface area contributed by atoms with Crippen LogP contribution in [0.15, 0.2) is 328 Å². The van der Waals surface area contributed by atoms with Crippen molar-refractivity contribution in [1.29, 1.82) is 0 Å². The number of benzene rings is 12. The molecule has 0 heterocycles. The molecule has 0 bridgehead atoms. The largest absolute Gasteiger partial charge is 0.543 e. The molecule has 0 spiro atoms. The SMILES string of the molecule is CCc1cc2c(-c3ccc(C(C)(C)C)cc3)cccc2[cH-]1.CCc1cc2c(-c3ccc(C(C)(C)C)cc3)cccc2[cH-]1.CCc1cc2c(-c3ccc(C(C)(C)C)cc3)cccc2[cH-]1.CCc1cc2c(-c3ccc(C(C)(C)C)cc3)cccc2[cH-]1.CCc1cc2c(-c3ccc(C(C)(C)C)cc3)cccc2[cH-]1.CCc1cc2c(-c3ccc(C(C)(C)C)cc3)cccc2[cH-]1.C[CH]=[Ti+2].C[CH]=[Zr].C[CH]=[Zr].N[C-]=O.N[C-]=O.N[C-]=O.N[C-]=O.[CH3-].[CH3-]. The molecule has 149 heavy (non-hydrogen) atoms. The van der Waals surface area contributed by atoms with Gasteiger partial charge in [-0.2, -0.15) is 62.0 Å². The molecule has 0 aliphatic heterocycles. The van der Waals surface area contributed by atoms with E-state index in [9.17, 15) is 0 Å². The van der Waals surface area contributed by atoms with Crippen molar-refractivity contribution < 1.29 is 87.6 Å². The normalized spacial score (nSPS) is 10.7. The first-order valence-electron chi connectivity index (χ1n) is 51.3. The van der Waals surface area contributed by atoms with E-state index < -0.39 is 0 Å². The van der Waals surface area contributed by atoms with Crippen molar-refractivity contribution in [2.45, 2.75) is 258 Å². The number of amides is 4. The molecule has 0 saturated heterocycles. The first-order valence-corrected chi connectivity index (χ1v) is 55.0. The summed E-state index contributed by atoms with van der Waals surface area (Å²) in [5.41, 5.74) is 50.1. The fourth-order valence-corrected chi connectivity index (χ4v) is 17.4. The molecule has 0 aliphatic rings. The minimum Gasteiger partial charge on any atom is -0.543 e. The first kappa shape index (κ1) is 130. The van der Waals surface area contributed by atoms with E-state index in [0.29, 0.717) is 0 Å². The second-order valence-electron chi connectivity index (χ2n) is 42.5. The Hall–Kier alpha value is -11.7. The van der Waals surface area contributed by atoms with Crippen LogP contribution in [0, 0.1) is 14.9 Å². The van der Waals surface area contributed by atoms with Crippen LogP contribution in [0.5, 0.6) is 0 Å². The van der Waals surface area contributed by atoms with Gasteiger partial charge in [-0.25, -0.2) is 0 Å². The topological polar surface area (TPSA) is 172 Å². The molecule has 4 amide bonds. The van der Waals surface area contributed by atoms with Gasteiger partial charge >= 0.3 is 101 Å². The summed E-state index contributed by atoms with van der Waals surface area (Å²) in [7, 11) is 0. The molecule has 18 rings (SSSR count). The minimum absolute atomic E-state index is 0. The fraction of sp³-hybridized carbons (Fsp3) is 0.283. The molecule has 0 unspecified atom stereocenters. The molecular formula is C138H164N4O4TiZr2-10. The number of rotatable bonds is 12. The van der Waals surface area contributed by atoms with Gasteiger partial charge in [0, 0.05) is 0 Å². The quantitative estimate of drug-likeness (QED) is 0.0542. The van der Waals surface area contributed by atoms with Gasteiger partial charge < -0.3 is 57.0 Å². The molecule has 8 nitrogen and oxygen atoms in total. The van der Waals surface area contributed by atoms with Gasteiger partial charge in [0.25, 0.3) is 0 Å².